The third kappa shape index (κ3) is 3.85. The van der Waals surface area contributed by atoms with Crippen LogP contribution in [0.5, 0.6) is 0 Å². The molecule has 0 aliphatic rings. The quantitative estimate of drug-likeness (QED) is 0.764. The van der Waals surface area contributed by atoms with Gasteiger partial charge in [0, 0.05) is 38.2 Å². The molecule has 0 fully saturated rings. The van der Waals surface area contributed by atoms with Crippen LogP contribution in [0, 0.1) is 6.92 Å². The summed E-state index contributed by atoms with van der Waals surface area (Å²) in [6, 6.07) is 4.16. The van der Waals surface area contributed by atoms with E-state index in [-0.39, 0.29) is 22.9 Å². The van der Waals surface area contributed by atoms with Crippen molar-refractivity contribution in [3.8, 4) is 0 Å². The maximum absolute atomic E-state index is 13.0. The summed E-state index contributed by atoms with van der Waals surface area (Å²) in [5.41, 5.74) is 1.27. The molecule has 0 radical (unpaired) electrons. The third-order valence-electron chi connectivity index (χ3n) is 3.68. The van der Waals surface area contributed by atoms with Gasteiger partial charge in [-0.1, -0.05) is 13.0 Å². The van der Waals surface area contributed by atoms with Crippen LogP contribution < -0.4 is 0 Å². The highest BCUT2D eigenvalue weighted by Gasteiger charge is 2.26. The lowest BCUT2D eigenvalue weighted by molar-refractivity contribution is 0.423. The van der Waals surface area contributed by atoms with Gasteiger partial charge in [0.25, 0.3) is 0 Å². The SMILES string of the molecule is CCN(Cc1cnn(C)c1)S(=O)(=O)c1cc(S(C)(=O)=O)ccc1C. The molecule has 0 N–H and O–H groups in total. The maximum atomic E-state index is 13.0. The van der Waals surface area contributed by atoms with Gasteiger partial charge < -0.3 is 0 Å². The Morgan fingerprint density at radius 1 is 1.21 bits per heavy atom. The largest absolute Gasteiger partial charge is 0.275 e. The molecule has 7 nitrogen and oxygen atoms in total. The molecular weight excluding hydrogens is 350 g/mol. The minimum Gasteiger partial charge on any atom is -0.275 e. The van der Waals surface area contributed by atoms with E-state index in [9.17, 15) is 16.8 Å². The molecule has 0 aliphatic carbocycles. The molecule has 24 heavy (non-hydrogen) atoms. The highest BCUT2D eigenvalue weighted by atomic mass is 32.2. The van der Waals surface area contributed by atoms with Crippen molar-refractivity contribution in [2.24, 2.45) is 7.05 Å². The molecule has 1 aromatic heterocycles. The first-order valence-corrected chi connectivity index (χ1v) is 10.7. The molecule has 0 atom stereocenters. The molecule has 0 bridgehead atoms. The van der Waals surface area contributed by atoms with E-state index in [0.29, 0.717) is 5.56 Å². The second-order valence-electron chi connectivity index (χ2n) is 5.65. The fourth-order valence-corrected chi connectivity index (χ4v) is 4.76. The van der Waals surface area contributed by atoms with E-state index in [0.717, 1.165) is 11.8 Å². The van der Waals surface area contributed by atoms with Crippen molar-refractivity contribution in [3.63, 3.8) is 0 Å². The molecule has 0 amide bonds. The van der Waals surface area contributed by atoms with Crippen LogP contribution in [0.3, 0.4) is 0 Å². The molecule has 0 aliphatic heterocycles. The standard InChI is InChI=1S/C15H21N3O4S2/c1-5-18(11-13-9-16-17(3)10-13)24(21,22)15-8-14(23(4,19)20)7-6-12(15)2/h6-10H,5,11H2,1-4H3. The van der Waals surface area contributed by atoms with Crippen molar-refractivity contribution in [2.75, 3.05) is 12.8 Å². The summed E-state index contributed by atoms with van der Waals surface area (Å²) in [7, 11) is -5.55. The molecule has 2 rings (SSSR count). The summed E-state index contributed by atoms with van der Waals surface area (Å²) < 4.78 is 52.3. The fraction of sp³-hybridized carbons (Fsp3) is 0.400. The fourth-order valence-electron chi connectivity index (χ4n) is 2.35. The number of rotatable bonds is 6. The Kier molecular flexibility index (Phi) is 5.17. The van der Waals surface area contributed by atoms with Crippen molar-refractivity contribution >= 4 is 19.9 Å². The number of sulfone groups is 1. The minimum atomic E-state index is -3.82. The van der Waals surface area contributed by atoms with Crippen molar-refractivity contribution in [1.29, 1.82) is 0 Å². The number of benzene rings is 1. The predicted molar refractivity (Wildman–Crippen MR) is 90.8 cm³/mol. The van der Waals surface area contributed by atoms with E-state index in [1.54, 1.807) is 38.0 Å². The third-order valence-corrected chi connectivity index (χ3v) is 6.85. The van der Waals surface area contributed by atoms with Crippen LogP contribution in [0.1, 0.15) is 18.1 Å². The van der Waals surface area contributed by atoms with Crippen LogP contribution >= 0.6 is 0 Å². The highest BCUT2D eigenvalue weighted by Crippen LogP contribution is 2.24. The maximum Gasteiger partial charge on any atom is 0.243 e. The monoisotopic (exact) mass is 371 g/mol. The summed E-state index contributed by atoms with van der Waals surface area (Å²) in [5.74, 6) is 0. The van der Waals surface area contributed by atoms with Gasteiger partial charge in [0.05, 0.1) is 16.0 Å². The van der Waals surface area contributed by atoms with Crippen LogP contribution in [0.4, 0.5) is 0 Å². The van der Waals surface area contributed by atoms with Gasteiger partial charge in [-0.05, 0) is 24.6 Å². The molecule has 1 aromatic carbocycles. The van der Waals surface area contributed by atoms with Gasteiger partial charge in [-0.3, -0.25) is 4.68 Å². The first kappa shape index (κ1) is 18.6. The zero-order chi connectivity index (χ0) is 18.1. The Bertz CT molecular complexity index is 947. The predicted octanol–water partition coefficient (Wildman–Crippen LogP) is 1.34. The summed E-state index contributed by atoms with van der Waals surface area (Å²) in [4.78, 5) is 0.000251. The average molecular weight is 371 g/mol. The summed E-state index contributed by atoms with van der Waals surface area (Å²) in [6.07, 6.45) is 4.41. The number of hydrogen-bond donors (Lipinski definition) is 0. The molecule has 2 aromatic rings. The Hall–Kier alpha value is -1.71. The smallest absolute Gasteiger partial charge is 0.243 e. The molecule has 9 heteroatoms. The Labute approximate surface area is 142 Å². The number of sulfonamides is 1. The van der Waals surface area contributed by atoms with Crippen LogP contribution in [-0.2, 0) is 33.5 Å². The Morgan fingerprint density at radius 3 is 2.38 bits per heavy atom. The highest BCUT2D eigenvalue weighted by molar-refractivity contribution is 7.91. The molecule has 0 unspecified atom stereocenters. The number of hydrogen-bond acceptors (Lipinski definition) is 5. The molecule has 0 saturated carbocycles. The van der Waals surface area contributed by atoms with E-state index in [4.69, 9.17) is 0 Å². The van der Waals surface area contributed by atoms with Crippen molar-refractivity contribution < 1.29 is 16.8 Å². The first-order valence-electron chi connectivity index (χ1n) is 7.34. The van der Waals surface area contributed by atoms with Gasteiger partial charge in [-0.15, -0.1) is 0 Å². The molecule has 132 valence electrons. The first-order chi connectivity index (χ1) is 11.1. The van der Waals surface area contributed by atoms with Gasteiger partial charge in [0.2, 0.25) is 10.0 Å². The lowest BCUT2D eigenvalue weighted by Crippen LogP contribution is -2.31. The molecule has 0 spiro atoms. The van der Waals surface area contributed by atoms with Crippen LogP contribution in [0.25, 0.3) is 0 Å². The zero-order valence-corrected chi connectivity index (χ0v) is 15.7. The molecule has 0 saturated heterocycles. The van der Waals surface area contributed by atoms with Gasteiger partial charge in [-0.25, -0.2) is 16.8 Å². The van der Waals surface area contributed by atoms with E-state index in [1.807, 2.05) is 0 Å². The number of aromatic nitrogens is 2. The van der Waals surface area contributed by atoms with E-state index >= 15 is 0 Å². The van der Waals surface area contributed by atoms with Crippen LogP contribution in [0.15, 0.2) is 40.4 Å². The van der Waals surface area contributed by atoms with E-state index in [2.05, 4.69) is 5.10 Å². The van der Waals surface area contributed by atoms with Crippen molar-refractivity contribution in [2.45, 2.75) is 30.2 Å². The minimum absolute atomic E-state index is 0.0101. The van der Waals surface area contributed by atoms with Crippen LogP contribution in [0.2, 0.25) is 0 Å². The van der Waals surface area contributed by atoms with E-state index < -0.39 is 19.9 Å². The van der Waals surface area contributed by atoms with Gasteiger partial charge in [0.15, 0.2) is 9.84 Å². The van der Waals surface area contributed by atoms with Gasteiger partial charge in [-0.2, -0.15) is 9.40 Å². The lowest BCUT2D eigenvalue weighted by Gasteiger charge is -2.21. The topological polar surface area (TPSA) is 89.3 Å². The van der Waals surface area contributed by atoms with E-state index in [1.165, 1.54) is 22.5 Å². The second-order valence-corrected chi connectivity index (χ2v) is 9.58. The average Bonchev–Trinajstić information content (AvgIpc) is 2.89. The lowest BCUT2D eigenvalue weighted by atomic mass is 10.2. The Morgan fingerprint density at radius 2 is 1.88 bits per heavy atom. The second kappa shape index (κ2) is 6.66. The van der Waals surface area contributed by atoms with Crippen molar-refractivity contribution in [3.05, 3.63) is 41.7 Å². The number of nitrogens with zero attached hydrogens (tertiary/aromatic N) is 3. The van der Waals surface area contributed by atoms with Crippen LogP contribution in [-0.4, -0.2) is 43.7 Å². The Balaban J connectivity index is 2.47. The zero-order valence-electron chi connectivity index (χ0n) is 14.1. The van der Waals surface area contributed by atoms with Crippen molar-refractivity contribution in [1.82, 2.24) is 14.1 Å². The number of aryl methyl sites for hydroxylation is 2. The normalized spacial score (nSPS) is 12.7. The molecular formula is C15H21N3O4S2. The molecule has 1 heterocycles. The summed E-state index contributed by atoms with van der Waals surface area (Å²) in [5, 5.41) is 4.04. The van der Waals surface area contributed by atoms with Gasteiger partial charge in [0.1, 0.15) is 0 Å². The summed E-state index contributed by atoms with van der Waals surface area (Å²) in [6.45, 7) is 3.83. The summed E-state index contributed by atoms with van der Waals surface area (Å²) >= 11 is 0. The van der Waals surface area contributed by atoms with Gasteiger partial charge >= 0.3 is 0 Å².